The lowest BCUT2D eigenvalue weighted by atomic mass is 10.0. The molecular weight excluding hydrogens is 254 g/mol. The van der Waals surface area contributed by atoms with E-state index < -0.39 is 0 Å². The number of rotatable bonds is 5. The molecule has 2 atom stereocenters. The van der Waals surface area contributed by atoms with Crippen LogP contribution in [0.3, 0.4) is 0 Å². The van der Waals surface area contributed by atoms with Crippen molar-refractivity contribution in [2.75, 3.05) is 26.8 Å². The van der Waals surface area contributed by atoms with E-state index in [1.807, 2.05) is 25.1 Å². The highest BCUT2D eigenvalue weighted by molar-refractivity contribution is 6.00. The molecule has 4 heteroatoms. The van der Waals surface area contributed by atoms with E-state index >= 15 is 0 Å². The molecule has 0 aliphatic carbocycles. The Bertz CT molecular complexity index is 487. The van der Waals surface area contributed by atoms with E-state index in [2.05, 4.69) is 11.8 Å². The van der Waals surface area contributed by atoms with Crippen molar-refractivity contribution in [1.82, 2.24) is 4.90 Å². The van der Waals surface area contributed by atoms with Gasteiger partial charge < -0.3 is 9.84 Å². The van der Waals surface area contributed by atoms with Gasteiger partial charge in [0.25, 0.3) is 0 Å². The zero-order chi connectivity index (χ0) is 14.7. The van der Waals surface area contributed by atoms with Crippen LogP contribution in [0.4, 0.5) is 0 Å². The Morgan fingerprint density at radius 2 is 2.25 bits per heavy atom. The van der Waals surface area contributed by atoms with Crippen LogP contribution in [-0.2, 0) is 0 Å². The Morgan fingerprint density at radius 3 is 2.90 bits per heavy atom. The number of aryl methyl sites for hydroxylation is 1. The summed E-state index contributed by atoms with van der Waals surface area (Å²) in [5, 5.41) is 9.45. The first kappa shape index (κ1) is 15.0. The molecule has 0 saturated carbocycles. The minimum absolute atomic E-state index is 0.0504. The highest BCUT2D eigenvalue weighted by atomic mass is 16.5. The molecule has 1 aliphatic heterocycles. The van der Waals surface area contributed by atoms with Gasteiger partial charge in [-0.2, -0.15) is 0 Å². The Labute approximate surface area is 120 Å². The zero-order valence-electron chi connectivity index (χ0n) is 12.4. The topological polar surface area (TPSA) is 49.8 Å². The van der Waals surface area contributed by atoms with Crippen molar-refractivity contribution in [2.45, 2.75) is 26.3 Å². The number of carbonyl (C=O) groups excluding carboxylic acids is 1. The minimum Gasteiger partial charge on any atom is -0.496 e. The smallest absolute Gasteiger partial charge is 0.180 e. The molecule has 20 heavy (non-hydrogen) atoms. The van der Waals surface area contributed by atoms with Crippen molar-refractivity contribution in [3.63, 3.8) is 0 Å². The Morgan fingerprint density at radius 1 is 1.50 bits per heavy atom. The van der Waals surface area contributed by atoms with Gasteiger partial charge in [0.2, 0.25) is 0 Å². The normalized spacial score (nSPS) is 23.0. The van der Waals surface area contributed by atoms with Crippen molar-refractivity contribution >= 4 is 5.78 Å². The van der Waals surface area contributed by atoms with Crippen LogP contribution in [0.1, 0.15) is 29.3 Å². The standard InChI is InChI=1S/C16H23NO3/c1-11-4-5-13(16(8-11)20-3)15(19)9-17-7-6-12(2)14(17)10-18/h4-5,8,12,14,18H,6-7,9-10H2,1-3H3. The van der Waals surface area contributed by atoms with Gasteiger partial charge in [-0.25, -0.2) is 0 Å². The Balaban J connectivity index is 2.12. The van der Waals surface area contributed by atoms with Crippen LogP contribution in [0, 0.1) is 12.8 Å². The predicted molar refractivity (Wildman–Crippen MR) is 78.3 cm³/mol. The maximum Gasteiger partial charge on any atom is 0.180 e. The number of likely N-dealkylation sites (tertiary alicyclic amines) is 1. The fourth-order valence-electron chi connectivity index (χ4n) is 2.88. The highest BCUT2D eigenvalue weighted by Gasteiger charge is 2.32. The Kier molecular flexibility index (Phi) is 4.78. The number of Topliss-reactive ketones (excluding diaryl/α,β-unsaturated/α-hetero) is 1. The number of hydrogen-bond acceptors (Lipinski definition) is 4. The van der Waals surface area contributed by atoms with Crippen LogP contribution < -0.4 is 4.74 Å². The van der Waals surface area contributed by atoms with Gasteiger partial charge in [-0.1, -0.05) is 13.0 Å². The molecular formula is C16H23NO3. The number of carbonyl (C=O) groups is 1. The molecule has 2 rings (SSSR count). The number of nitrogens with zero attached hydrogens (tertiary/aromatic N) is 1. The number of ether oxygens (including phenoxy) is 1. The van der Waals surface area contributed by atoms with Crippen molar-refractivity contribution in [3.8, 4) is 5.75 Å². The largest absolute Gasteiger partial charge is 0.496 e. The zero-order valence-corrected chi connectivity index (χ0v) is 12.4. The molecule has 0 amide bonds. The summed E-state index contributed by atoms with van der Waals surface area (Å²) in [6.45, 7) is 5.42. The minimum atomic E-state index is 0.0504. The number of hydrogen-bond donors (Lipinski definition) is 1. The van der Waals surface area contributed by atoms with Gasteiger partial charge in [-0.3, -0.25) is 9.69 Å². The van der Waals surface area contributed by atoms with E-state index in [-0.39, 0.29) is 18.4 Å². The molecule has 110 valence electrons. The summed E-state index contributed by atoms with van der Waals surface area (Å²) in [5.74, 6) is 1.12. The fourth-order valence-corrected chi connectivity index (χ4v) is 2.88. The van der Waals surface area contributed by atoms with E-state index in [1.165, 1.54) is 0 Å². The molecule has 1 aliphatic rings. The summed E-state index contributed by atoms with van der Waals surface area (Å²) in [6, 6.07) is 5.72. The van der Waals surface area contributed by atoms with Gasteiger partial charge in [-0.15, -0.1) is 0 Å². The average molecular weight is 277 g/mol. The second kappa shape index (κ2) is 6.37. The SMILES string of the molecule is COc1cc(C)ccc1C(=O)CN1CCC(C)C1CO. The summed E-state index contributed by atoms with van der Waals surface area (Å²) < 4.78 is 5.30. The number of benzene rings is 1. The molecule has 1 aromatic carbocycles. The van der Waals surface area contributed by atoms with E-state index in [1.54, 1.807) is 7.11 Å². The second-order valence-electron chi connectivity index (χ2n) is 5.61. The van der Waals surface area contributed by atoms with Crippen LogP contribution >= 0.6 is 0 Å². The summed E-state index contributed by atoms with van der Waals surface area (Å²) in [6.07, 6.45) is 1.03. The molecule has 0 radical (unpaired) electrons. The predicted octanol–water partition coefficient (Wildman–Crippen LogP) is 1.89. The molecule has 4 nitrogen and oxygen atoms in total. The summed E-state index contributed by atoms with van der Waals surface area (Å²) in [4.78, 5) is 14.5. The molecule has 1 N–H and O–H groups in total. The third-order valence-corrected chi connectivity index (χ3v) is 4.19. The van der Waals surface area contributed by atoms with Crippen molar-refractivity contribution < 1.29 is 14.6 Å². The lowest BCUT2D eigenvalue weighted by molar-refractivity contribution is 0.0863. The molecule has 1 saturated heterocycles. The number of aliphatic hydroxyl groups is 1. The first-order valence-corrected chi connectivity index (χ1v) is 7.09. The van der Waals surface area contributed by atoms with Crippen molar-refractivity contribution in [3.05, 3.63) is 29.3 Å². The molecule has 0 bridgehead atoms. The van der Waals surface area contributed by atoms with E-state index in [4.69, 9.17) is 4.74 Å². The lowest BCUT2D eigenvalue weighted by Crippen LogP contribution is -2.38. The van der Waals surface area contributed by atoms with Crippen molar-refractivity contribution in [1.29, 1.82) is 0 Å². The average Bonchev–Trinajstić information content (AvgIpc) is 2.78. The summed E-state index contributed by atoms with van der Waals surface area (Å²) in [5.41, 5.74) is 1.69. The number of aliphatic hydroxyl groups excluding tert-OH is 1. The van der Waals surface area contributed by atoms with Crippen LogP contribution in [0.15, 0.2) is 18.2 Å². The molecule has 2 unspecified atom stereocenters. The van der Waals surface area contributed by atoms with Gasteiger partial charge in [-0.05, 0) is 43.5 Å². The first-order valence-electron chi connectivity index (χ1n) is 7.09. The molecule has 1 fully saturated rings. The summed E-state index contributed by atoms with van der Waals surface area (Å²) >= 11 is 0. The van der Waals surface area contributed by atoms with Gasteiger partial charge in [0.05, 0.1) is 25.8 Å². The summed E-state index contributed by atoms with van der Waals surface area (Å²) in [7, 11) is 1.58. The molecule has 1 aromatic rings. The van der Waals surface area contributed by atoms with E-state index in [9.17, 15) is 9.90 Å². The third kappa shape index (κ3) is 3.02. The van der Waals surface area contributed by atoms with Gasteiger partial charge >= 0.3 is 0 Å². The molecule has 1 heterocycles. The molecule has 0 aromatic heterocycles. The maximum atomic E-state index is 12.5. The number of methoxy groups -OCH3 is 1. The highest BCUT2D eigenvalue weighted by Crippen LogP contribution is 2.25. The fraction of sp³-hybridized carbons (Fsp3) is 0.562. The first-order chi connectivity index (χ1) is 9.56. The van der Waals surface area contributed by atoms with Crippen molar-refractivity contribution in [2.24, 2.45) is 5.92 Å². The van der Waals surface area contributed by atoms with Crippen LogP contribution in [0.2, 0.25) is 0 Å². The second-order valence-corrected chi connectivity index (χ2v) is 5.61. The van der Waals surface area contributed by atoms with Crippen LogP contribution in [0.25, 0.3) is 0 Å². The van der Waals surface area contributed by atoms with Gasteiger partial charge in [0, 0.05) is 6.04 Å². The lowest BCUT2D eigenvalue weighted by Gasteiger charge is -2.24. The third-order valence-electron chi connectivity index (χ3n) is 4.19. The molecule has 0 spiro atoms. The quantitative estimate of drug-likeness (QED) is 0.835. The monoisotopic (exact) mass is 277 g/mol. The van der Waals surface area contributed by atoms with Crippen LogP contribution in [0.5, 0.6) is 5.75 Å². The van der Waals surface area contributed by atoms with Gasteiger partial charge in [0.1, 0.15) is 5.75 Å². The maximum absolute atomic E-state index is 12.5. The van der Waals surface area contributed by atoms with E-state index in [0.717, 1.165) is 18.5 Å². The van der Waals surface area contributed by atoms with Crippen LogP contribution in [-0.4, -0.2) is 48.6 Å². The van der Waals surface area contributed by atoms with Gasteiger partial charge in [0.15, 0.2) is 5.78 Å². The Hall–Kier alpha value is -1.39. The van der Waals surface area contributed by atoms with E-state index in [0.29, 0.717) is 23.8 Å². The number of ketones is 1.